The van der Waals surface area contributed by atoms with E-state index in [1.54, 1.807) is 7.05 Å². The van der Waals surface area contributed by atoms with Crippen LogP contribution >= 0.6 is 24.0 Å². The minimum absolute atomic E-state index is 0. The Balaban J connectivity index is 0.00000729. The van der Waals surface area contributed by atoms with Crippen molar-refractivity contribution in [3.8, 4) is 0 Å². The van der Waals surface area contributed by atoms with E-state index in [9.17, 15) is 9.59 Å². The molecule has 7 nitrogen and oxygen atoms in total. The number of halogens is 1. The molecule has 2 amide bonds. The highest BCUT2D eigenvalue weighted by atomic mass is 127. The van der Waals surface area contributed by atoms with Crippen LogP contribution in [-0.4, -0.2) is 36.9 Å². The average molecular weight is 503 g/mol. The molecule has 0 bridgehead atoms. The Morgan fingerprint density at radius 2 is 1.86 bits per heavy atom. The molecular weight excluding hydrogens is 469 g/mol. The molecule has 0 heterocycles. The van der Waals surface area contributed by atoms with Gasteiger partial charge in [-0.05, 0) is 44.9 Å². The molecule has 0 aliphatic rings. The molecular formula is C20H34IN5O2. The minimum Gasteiger partial charge on any atom is -0.352 e. The van der Waals surface area contributed by atoms with E-state index in [-0.39, 0.29) is 53.8 Å². The van der Waals surface area contributed by atoms with Gasteiger partial charge in [-0.2, -0.15) is 0 Å². The van der Waals surface area contributed by atoms with Crippen molar-refractivity contribution in [2.24, 2.45) is 10.9 Å². The standard InChI is InChI=1S/C20H33N5O2.HI/c1-7-14(2)18(27)24-16-10-8-9-15(11-16)12-22-19(21-6)23-13-17(26)25-20(3,4)5;/h8-11,14H,7,12-13H2,1-6H3,(H,24,27)(H,25,26)(H2,21,22,23);1H. The van der Waals surface area contributed by atoms with Gasteiger partial charge in [0.15, 0.2) is 5.96 Å². The number of rotatable bonds is 7. The molecule has 1 aromatic carbocycles. The summed E-state index contributed by atoms with van der Waals surface area (Å²) in [6, 6.07) is 7.66. The molecule has 0 aromatic heterocycles. The van der Waals surface area contributed by atoms with Crippen molar-refractivity contribution in [1.29, 1.82) is 0 Å². The van der Waals surface area contributed by atoms with E-state index in [0.29, 0.717) is 12.5 Å². The summed E-state index contributed by atoms with van der Waals surface area (Å²) in [6.07, 6.45) is 0.803. The highest BCUT2D eigenvalue weighted by Gasteiger charge is 2.14. The topological polar surface area (TPSA) is 94.6 Å². The van der Waals surface area contributed by atoms with Crippen LogP contribution in [0.1, 0.15) is 46.6 Å². The molecule has 8 heteroatoms. The molecule has 0 radical (unpaired) electrons. The number of anilines is 1. The second-order valence-corrected chi connectivity index (χ2v) is 7.58. The molecule has 0 aliphatic carbocycles. The van der Waals surface area contributed by atoms with Gasteiger partial charge in [-0.3, -0.25) is 14.6 Å². The van der Waals surface area contributed by atoms with E-state index in [4.69, 9.17) is 0 Å². The number of guanidine groups is 1. The Morgan fingerprint density at radius 1 is 1.18 bits per heavy atom. The lowest BCUT2D eigenvalue weighted by molar-refractivity contribution is -0.121. The van der Waals surface area contributed by atoms with E-state index >= 15 is 0 Å². The number of hydrogen-bond acceptors (Lipinski definition) is 3. The van der Waals surface area contributed by atoms with E-state index in [0.717, 1.165) is 17.7 Å². The van der Waals surface area contributed by atoms with Crippen molar-refractivity contribution in [1.82, 2.24) is 16.0 Å². The van der Waals surface area contributed by atoms with Gasteiger partial charge in [0.25, 0.3) is 0 Å². The first-order valence-electron chi connectivity index (χ1n) is 9.30. The number of aliphatic imine (C=N–C) groups is 1. The largest absolute Gasteiger partial charge is 0.352 e. The van der Waals surface area contributed by atoms with Crippen LogP contribution < -0.4 is 21.3 Å². The third-order valence-corrected chi connectivity index (χ3v) is 3.87. The first kappa shape index (κ1) is 26.2. The Kier molecular flexibility index (Phi) is 11.8. The van der Waals surface area contributed by atoms with Gasteiger partial charge in [0.1, 0.15) is 0 Å². The van der Waals surface area contributed by atoms with Gasteiger partial charge in [-0.1, -0.05) is 26.0 Å². The monoisotopic (exact) mass is 503 g/mol. The summed E-state index contributed by atoms with van der Waals surface area (Å²) in [6.45, 7) is 10.4. The van der Waals surface area contributed by atoms with E-state index in [1.165, 1.54) is 0 Å². The summed E-state index contributed by atoms with van der Waals surface area (Å²) < 4.78 is 0. The van der Waals surface area contributed by atoms with Crippen LogP contribution in [0, 0.1) is 5.92 Å². The number of benzene rings is 1. The summed E-state index contributed by atoms with van der Waals surface area (Å²) in [5, 5.41) is 12.0. The Hall–Kier alpha value is -1.84. The summed E-state index contributed by atoms with van der Waals surface area (Å²) in [4.78, 5) is 28.0. The molecule has 1 unspecified atom stereocenters. The first-order chi connectivity index (χ1) is 12.6. The fourth-order valence-corrected chi connectivity index (χ4v) is 2.24. The lowest BCUT2D eigenvalue weighted by Crippen LogP contribution is -2.48. The lowest BCUT2D eigenvalue weighted by atomic mass is 10.1. The maximum absolute atomic E-state index is 12.0. The van der Waals surface area contributed by atoms with Crippen molar-refractivity contribution in [3.63, 3.8) is 0 Å². The summed E-state index contributed by atoms with van der Waals surface area (Å²) in [5.74, 6) is 0.437. The van der Waals surface area contributed by atoms with Gasteiger partial charge in [-0.15, -0.1) is 24.0 Å². The number of carbonyl (C=O) groups is 2. The van der Waals surface area contributed by atoms with Crippen LogP contribution in [0.5, 0.6) is 0 Å². The zero-order valence-electron chi connectivity index (χ0n) is 17.7. The predicted molar refractivity (Wildman–Crippen MR) is 126 cm³/mol. The Labute approximate surface area is 185 Å². The lowest BCUT2D eigenvalue weighted by Gasteiger charge is -2.21. The van der Waals surface area contributed by atoms with Gasteiger partial charge in [0.2, 0.25) is 11.8 Å². The van der Waals surface area contributed by atoms with Crippen LogP contribution in [0.2, 0.25) is 0 Å². The second-order valence-electron chi connectivity index (χ2n) is 7.58. The van der Waals surface area contributed by atoms with E-state index in [2.05, 4.69) is 26.3 Å². The molecule has 1 rings (SSSR count). The SMILES string of the molecule is CCC(C)C(=O)Nc1cccc(CNC(=NC)NCC(=O)NC(C)(C)C)c1.I. The second kappa shape index (κ2) is 12.6. The van der Waals surface area contributed by atoms with Gasteiger partial charge in [0.05, 0.1) is 6.54 Å². The molecule has 0 fully saturated rings. The van der Waals surface area contributed by atoms with Crippen molar-refractivity contribution < 1.29 is 9.59 Å². The molecule has 0 saturated heterocycles. The minimum atomic E-state index is -0.268. The van der Waals surface area contributed by atoms with Crippen molar-refractivity contribution >= 4 is 47.4 Å². The van der Waals surface area contributed by atoms with Crippen LogP contribution in [0.15, 0.2) is 29.3 Å². The number of amides is 2. The fourth-order valence-electron chi connectivity index (χ4n) is 2.24. The van der Waals surface area contributed by atoms with Gasteiger partial charge >= 0.3 is 0 Å². The maximum atomic E-state index is 12.0. The zero-order valence-corrected chi connectivity index (χ0v) is 20.0. The van der Waals surface area contributed by atoms with Crippen LogP contribution in [-0.2, 0) is 16.1 Å². The number of carbonyl (C=O) groups excluding carboxylic acids is 2. The molecule has 0 saturated carbocycles. The van der Waals surface area contributed by atoms with Crippen LogP contribution in [0.4, 0.5) is 5.69 Å². The Bertz CT molecular complexity index is 671. The van der Waals surface area contributed by atoms with E-state index in [1.807, 2.05) is 58.9 Å². The fraction of sp³-hybridized carbons (Fsp3) is 0.550. The third kappa shape index (κ3) is 10.5. The molecule has 4 N–H and O–H groups in total. The number of nitrogens with zero attached hydrogens (tertiary/aromatic N) is 1. The summed E-state index contributed by atoms with van der Waals surface area (Å²) in [5.41, 5.74) is 1.50. The highest BCUT2D eigenvalue weighted by Crippen LogP contribution is 2.13. The quantitative estimate of drug-likeness (QED) is 0.262. The van der Waals surface area contributed by atoms with Crippen LogP contribution in [0.25, 0.3) is 0 Å². The molecule has 1 aromatic rings. The predicted octanol–water partition coefficient (Wildman–Crippen LogP) is 2.87. The van der Waals surface area contributed by atoms with E-state index < -0.39 is 0 Å². The van der Waals surface area contributed by atoms with Crippen molar-refractivity contribution in [2.75, 3.05) is 18.9 Å². The van der Waals surface area contributed by atoms with Gasteiger partial charge in [-0.25, -0.2) is 0 Å². The molecule has 1 atom stereocenters. The normalized spacial score (nSPS) is 12.4. The summed E-state index contributed by atoms with van der Waals surface area (Å²) in [7, 11) is 1.65. The molecule has 158 valence electrons. The smallest absolute Gasteiger partial charge is 0.239 e. The Morgan fingerprint density at radius 3 is 2.43 bits per heavy atom. The van der Waals surface area contributed by atoms with Crippen molar-refractivity contribution in [3.05, 3.63) is 29.8 Å². The average Bonchev–Trinajstić information content (AvgIpc) is 2.60. The van der Waals surface area contributed by atoms with Gasteiger partial charge in [0, 0.05) is 30.7 Å². The third-order valence-electron chi connectivity index (χ3n) is 3.87. The van der Waals surface area contributed by atoms with Crippen molar-refractivity contribution in [2.45, 2.75) is 53.1 Å². The maximum Gasteiger partial charge on any atom is 0.239 e. The summed E-state index contributed by atoms with van der Waals surface area (Å²) >= 11 is 0. The van der Waals surface area contributed by atoms with Gasteiger partial charge < -0.3 is 21.3 Å². The number of nitrogens with one attached hydrogen (secondary N) is 4. The number of hydrogen-bond donors (Lipinski definition) is 4. The first-order valence-corrected chi connectivity index (χ1v) is 9.30. The van der Waals surface area contributed by atoms with Crippen LogP contribution in [0.3, 0.4) is 0 Å². The highest BCUT2D eigenvalue weighted by molar-refractivity contribution is 14.0. The molecule has 28 heavy (non-hydrogen) atoms. The molecule has 0 spiro atoms. The zero-order chi connectivity index (χ0) is 20.4. The molecule has 0 aliphatic heterocycles.